The minimum Gasteiger partial charge on any atom is -0.491 e. The largest absolute Gasteiger partial charge is 0.491 e. The molecule has 32 heavy (non-hydrogen) atoms. The summed E-state index contributed by atoms with van der Waals surface area (Å²) in [6.07, 6.45) is 2.36. The zero-order chi connectivity index (χ0) is 22.1. The fourth-order valence-corrected chi connectivity index (χ4v) is 3.01. The molecule has 1 aliphatic carbocycles. The van der Waals surface area contributed by atoms with Gasteiger partial charge in [-0.1, -0.05) is 18.2 Å². The van der Waals surface area contributed by atoms with Crippen LogP contribution in [0.2, 0.25) is 0 Å². The molecule has 0 amide bonds. The third-order valence-corrected chi connectivity index (χ3v) is 5.14. The van der Waals surface area contributed by atoms with Crippen molar-refractivity contribution < 1.29 is 18.6 Å². The van der Waals surface area contributed by atoms with Gasteiger partial charge in [-0.05, 0) is 61.1 Å². The topological polar surface area (TPSA) is 64.1 Å². The van der Waals surface area contributed by atoms with E-state index in [4.69, 9.17) is 14.2 Å². The van der Waals surface area contributed by atoms with Crippen LogP contribution < -0.4 is 20.1 Å². The number of aliphatic imine (C=N–C) groups is 1. The molecule has 2 aromatic rings. The molecule has 6 nitrogen and oxygen atoms in total. The van der Waals surface area contributed by atoms with Crippen molar-refractivity contribution in [2.24, 2.45) is 10.9 Å². The maximum atomic E-state index is 14.4. The van der Waals surface area contributed by atoms with Gasteiger partial charge < -0.3 is 24.8 Å². The van der Waals surface area contributed by atoms with Crippen LogP contribution in [0.15, 0.2) is 47.5 Å². The van der Waals surface area contributed by atoms with Crippen LogP contribution in [0.25, 0.3) is 0 Å². The van der Waals surface area contributed by atoms with Gasteiger partial charge in [-0.25, -0.2) is 4.39 Å². The van der Waals surface area contributed by atoms with E-state index in [0.717, 1.165) is 16.9 Å². The van der Waals surface area contributed by atoms with E-state index in [2.05, 4.69) is 15.6 Å². The molecule has 0 aliphatic heterocycles. The molecule has 0 spiro atoms. The van der Waals surface area contributed by atoms with Crippen LogP contribution in [0.4, 0.5) is 4.39 Å². The van der Waals surface area contributed by atoms with Crippen LogP contribution in [0.3, 0.4) is 0 Å². The summed E-state index contributed by atoms with van der Waals surface area (Å²) < 4.78 is 30.5. The summed E-state index contributed by atoms with van der Waals surface area (Å²) in [5.74, 6) is 2.03. The molecule has 1 aliphatic rings. The molecule has 1 fully saturated rings. The number of guanidine groups is 1. The molecule has 0 heterocycles. The lowest BCUT2D eigenvalue weighted by atomic mass is 10.1. The highest BCUT2D eigenvalue weighted by atomic mass is 127. The van der Waals surface area contributed by atoms with Gasteiger partial charge in [-0.3, -0.25) is 4.99 Å². The van der Waals surface area contributed by atoms with Crippen LogP contribution in [0.5, 0.6) is 11.5 Å². The van der Waals surface area contributed by atoms with Crippen LogP contribution in [-0.4, -0.2) is 39.9 Å². The number of hydrogen-bond donors (Lipinski definition) is 2. The third-order valence-electron chi connectivity index (χ3n) is 5.14. The van der Waals surface area contributed by atoms with E-state index in [1.165, 1.54) is 18.9 Å². The predicted octanol–water partition coefficient (Wildman–Crippen LogP) is 4.68. The average Bonchev–Trinajstić information content (AvgIpc) is 3.61. The fraction of sp³-hybridized carbons (Fsp3) is 0.458. The van der Waals surface area contributed by atoms with Gasteiger partial charge >= 0.3 is 0 Å². The number of halogens is 2. The quantitative estimate of drug-likeness (QED) is 0.182. The number of nitrogens with zero attached hydrogens (tertiary/aromatic N) is 1. The first kappa shape index (κ1) is 26.2. The van der Waals surface area contributed by atoms with Crippen molar-refractivity contribution in [3.8, 4) is 11.5 Å². The van der Waals surface area contributed by atoms with Gasteiger partial charge in [0.05, 0.1) is 19.3 Å². The van der Waals surface area contributed by atoms with Crippen LogP contribution in [-0.2, 0) is 11.3 Å². The van der Waals surface area contributed by atoms with Crippen molar-refractivity contribution in [3.63, 3.8) is 0 Å². The first-order valence-electron chi connectivity index (χ1n) is 10.7. The van der Waals surface area contributed by atoms with Crippen molar-refractivity contribution in [2.45, 2.75) is 32.4 Å². The summed E-state index contributed by atoms with van der Waals surface area (Å²) in [5, 5.41) is 6.58. The van der Waals surface area contributed by atoms with Crippen molar-refractivity contribution in [3.05, 3.63) is 59.4 Å². The SMILES string of the molecule is CN=C(NCc1ccc(OCCOC)cc1)NC(C)c1ccc(OCC2CC2)c(F)c1.I. The fourth-order valence-electron chi connectivity index (χ4n) is 3.01. The van der Waals surface area contributed by atoms with Gasteiger partial charge in [0.1, 0.15) is 12.4 Å². The minimum atomic E-state index is -0.331. The highest BCUT2D eigenvalue weighted by Gasteiger charge is 2.22. The van der Waals surface area contributed by atoms with Crippen LogP contribution in [0.1, 0.15) is 36.9 Å². The normalized spacial score (nSPS) is 14.3. The second-order valence-electron chi connectivity index (χ2n) is 7.72. The third kappa shape index (κ3) is 8.46. The van der Waals surface area contributed by atoms with E-state index in [1.54, 1.807) is 20.2 Å². The zero-order valence-electron chi connectivity index (χ0n) is 18.9. The monoisotopic (exact) mass is 557 g/mol. The molecule has 0 aromatic heterocycles. The second kappa shape index (κ2) is 13.5. The van der Waals surface area contributed by atoms with Crippen molar-refractivity contribution in [2.75, 3.05) is 34.0 Å². The molecule has 2 aromatic carbocycles. The highest BCUT2D eigenvalue weighted by molar-refractivity contribution is 14.0. The van der Waals surface area contributed by atoms with Crippen molar-refractivity contribution in [1.82, 2.24) is 10.6 Å². The van der Waals surface area contributed by atoms with Gasteiger partial charge in [0.15, 0.2) is 17.5 Å². The molecule has 0 radical (unpaired) electrons. The van der Waals surface area contributed by atoms with E-state index in [9.17, 15) is 4.39 Å². The van der Waals surface area contributed by atoms with Crippen LogP contribution >= 0.6 is 24.0 Å². The first-order chi connectivity index (χ1) is 15.1. The first-order valence-corrected chi connectivity index (χ1v) is 10.7. The summed E-state index contributed by atoms with van der Waals surface area (Å²) in [6.45, 7) is 4.26. The van der Waals surface area contributed by atoms with Gasteiger partial charge in [0.25, 0.3) is 0 Å². The Kier molecular flexibility index (Phi) is 11.0. The number of ether oxygens (including phenoxy) is 3. The molecular formula is C24H33FIN3O3. The number of hydrogen-bond acceptors (Lipinski definition) is 4. The molecule has 0 bridgehead atoms. The van der Waals surface area contributed by atoms with Crippen LogP contribution in [0, 0.1) is 11.7 Å². The lowest BCUT2D eigenvalue weighted by Crippen LogP contribution is -2.38. The summed E-state index contributed by atoms with van der Waals surface area (Å²) in [4.78, 5) is 4.27. The second-order valence-corrected chi connectivity index (χ2v) is 7.72. The minimum absolute atomic E-state index is 0. The Morgan fingerprint density at radius 3 is 2.50 bits per heavy atom. The molecule has 0 saturated heterocycles. The van der Waals surface area contributed by atoms with Gasteiger partial charge in [0.2, 0.25) is 0 Å². The summed E-state index contributed by atoms with van der Waals surface area (Å²) in [5.41, 5.74) is 1.93. The molecular weight excluding hydrogens is 524 g/mol. The summed E-state index contributed by atoms with van der Waals surface area (Å²) >= 11 is 0. The standard InChI is InChI=1S/C24H32FN3O3.HI/c1-17(20-8-11-23(22(25)14-20)31-16-19-4-5-19)28-24(26-2)27-15-18-6-9-21(10-7-18)30-13-12-29-3;/h6-11,14,17,19H,4-5,12-13,15-16H2,1-3H3,(H2,26,27,28);1H. The molecule has 1 atom stereocenters. The highest BCUT2D eigenvalue weighted by Crippen LogP contribution is 2.30. The van der Waals surface area contributed by atoms with Gasteiger partial charge in [-0.15, -0.1) is 24.0 Å². The predicted molar refractivity (Wildman–Crippen MR) is 136 cm³/mol. The molecule has 176 valence electrons. The summed E-state index contributed by atoms with van der Waals surface area (Å²) in [6, 6.07) is 12.9. The molecule has 1 unspecified atom stereocenters. The Balaban J connectivity index is 0.00000363. The van der Waals surface area contributed by atoms with E-state index >= 15 is 0 Å². The maximum Gasteiger partial charge on any atom is 0.191 e. The Morgan fingerprint density at radius 2 is 1.88 bits per heavy atom. The molecule has 8 heteroatoms. The van der Waals surface area contributed by atoms with Crippen molar-refractivity contribution in [1.29, 1.82) is 0 Å². The molecule has 1 saturated carbocycles. The van der Waals surface area contributed by atoms with Gasteiger partial charge in [0, 0.05) is 20.7 Å². The van der Waals surface area contributed by atoms with E-state index in [0.29, 0.717) is 44.0 Å². The number of rotatable bonds is 11. The smallest absolute Gasteiger partial charge is 0.191 e. The summed E-state index contributed by atoms with van der Waals surface area (Å²) in [7, 11) is 3.36. The Labute approximate surface area is 207 Å². The Bertz CT molecular complexity index is 860. The van der Waals surface area contributed by atoms with E-state index in [1.807, 2.05) is 37.3 Å². The van der Waals surface area contributed by atoms with Gasteiger partial charge in [-0.2, -0.15) is 0 Å². The molecule has 3 rings (SSSR count). The average molecular weight is 557 g/mol. The number of benzene rings is 2. The van der Waals surface area contributed by atoms with E-state index < -0.39 is 0 Å². The molecule has 2 N–H and O–H groups in total. The maximum absolute atomic E-state index is 14.4. The Hall–Kier alpha value is -2.07. The van der Waals surface area contributed by atoms with Crippen molar-refractivity contribution >= 4 is 29.9 Å². The zero-order valence-corrected chi connectivity index (χ0v) is 21.2. The number of nitrogens with one attached hydrogen (secondary N) is 2. The van der Waals surface area contributed by atoms with E-state index in [-0.39, 0.29) is 35.8 Å². The number of methoxy groups -OCH3 is 1. The lowest BCUT2D eigenvalue weighted by Gasteiger charge is -2.19. The Morgan fingerprint density at radius 1 is 1.12 bits per heavy atom. The lowest BCUT2D eigenvalue weighted by molar-refractivity contribution is 0.146.